The van der Waals surface area contributed by atoms with E-state index in [-0.39, 0.29) is 5.78 Å². The predicted octanol–water partition coefficient (Wildman–Crippen LogP) is 2.00. The van der Waals surface area contributed by atoms with E-state index in [0.717, 1.165) is 5.56 Å². The van der Waals surface area contributed by atoms with Crippen molar-refractivity contribution in [3.8, 4) is 5.75 Å². The Labute approximate surface area is 101 Å². The predicted molar refractivity (Wildman–Crippen MR) is 63.2 cm³/mol. The monoisotopic (exact) mass is 236 g/mol. The van der Waals surface area contributed by atoms with E-state index in [0.29, 0.717) is 11.3 Å². The largest absolute Gasteiger partial charge is 0.496 e. The summed E-state index contributed by atoms with van der Waals surface area (Å²) in [6, 6.07) is 5.07. The van der Waals surface area contributed by atoms with Crippen LogP contribution in [0.25, 0.3) is 0 Å². The van der Waals surface area contributed by atoms with Crippen LogP contribution in [0.3, 0.4) is 0 Å². The van der Waals surface area contributed by atoms with E-state index in [4.69, 9.17) is 4.74 Å². The third-order valence-electron chi connectivity index (χ3n) is 2.63. The average Bonchev–Trinajstić information content (AvgIpc) is 2.35. The lowest BCUT2D eigenvalue weighted by Crippen LogP contribution is -2.22. The highest BCUT2D eigenvalue weighted by atomic mass is 16.5. The zero-order valence-corrected chi connectivity index (χ0v) is 10.4. The lowest BCUT2D eigenvalue weighted by molar-refractivity contribution is -0.143. The molecule has 0 aromatic heterocycles. The van der Waals surface area contributed by atoms with Gasteiger partial charge in [-0.15, -0.1) is 0 Å². The molecule has 1 aromatic rings. The van der Waals surface area contributed by atoms with Gasteiger partial charge in [-0.3, -0.25) is 9.59 Å². The molecule has 0 aliphatic rings. The van der Waals surface area contributed by atoms with Crippen molar-refractivity contribution in [3.63, 3.8) is 0 Å². The first-order chi connectivity index (χ1) is 8.01. The highest BCUT2D eigenvalue weighted by molar-refractivity contribution is 6.08. The molecule has 0 heterocycles. The van der Waals surface area contributed by atoms with Gasteiger partial charge in [0.1, 0.15) is 11.7 Å². The summed E-state index contributed by atoms with van der Waals surface area (Å²) in [5.74, 6) is -0.842. The Morgan fingerprint density at radius 3 is 2.35 bits per heavy atom. The summed E-state index contributed by atoms with van der Waals surface area (Å²) >= 11 is 0. The quantitative estimate of drug-likeness (QED) is 0.456. The van der Waals surface area contributed by atoms with Crippen LogP contribution in [-0.4, -0.2) is 26.0 Å². The molecular weight excluding hydrogens is 220 g/mol. The average molecular weight is 236 g/mol. The third-order valence-corrected chi connectivity index (χ3v) is 2.63. The first-order valence-corrected chi connectivity index (χ1v) is 5.28. The number of carbonyl (C=O) groups excluding carboxylic acids is 2. The van der Waals surface area contributed by atoms with Crippen molar-refractivity contribution in [2.75, 3.05) is 14.2 Å². The second-order valence-electron chi connectivity index (χ2n) is 3.79. The number of ketones is 1. The van der Waals surface area contributed by atoms with Gasteiger partial charge in [-0.25, -0.2) is 0 Å². The summed E-state index contributed by atoms with van der Waals surface area (Å²) in [4.78, 5) is 23.2. The molecular formula is C13H16O4. The molecule has 1 rings (SSSR count). The second-order valence-corrected chi connectivity index (χ2v) is 3.79. The van der Waals surface area contributed by atoms with Gasteiger partial charge < -0.3 is 9.47 Å². The summed E-state index contributed by atoms with van der Waals surface area (Å²) in [5, 5.41) is 0. The molecule has 17 heavy (non-hydrogen) atoms. The lowest BCUT2D eigenvalue weighted by Gasteiger charge is -2.10. The van der Waals surface area contributed by atoms with Crippen LogP contribution >= 0.6 is 0 Å². The number of rotatable bonds is 4. The smallest absolute Gasteiger partial charge is 0.316 e. The zero-order chi connectivity index (χ0) is 13.0. The molecule has 0 spiro atoms. The van der Waals surface area contributed by atoms with Gasteiger partial charge in [-0.2, -0.15) is 0 Å². The summed E-state index contributed by atoms with van der Waals surface area (Å²) in [6.07, 6.45) is 0. The topological polar surface area (TPSA) is 52.6 Å². The van der Waals surface area contributed by atoms with Crippen LogP contribution in [0.4, 0.5) is 0 Å². The van der Waals surface area contributed by atoms with E-state index in [2.05, 4.69) is 4.74 Å². The van der Waals surface area contributed by atoms with E-state index in [1.54, 1.807) is 25.3 Å². The Hall–Kier alpha value is -1.84. The summed E-state index contributed by atoms with van der Waals surface area (Å²) < 4.78 is 9.65. The maximum absolute atomic E-state index is 12.0. The van der Waals surface area contributed by atoms with Crippen molar-refractivity contribution in [3.05, 3.63) is 29.3 Å². The highest BCUT2D eigenvalue weighted by Crippen LogP contribution is 2.20. The van der Waals surface area contributed by atoms with Crippen molar-refractivity contribution in [1.82, 2.24) is 0 Å². The number of ether oxygens (including phenoxy) is 2. The maximum atomic E-state index is 12.0. The fraction of sp³-hybridized carbons (Fsp3) is 0.385. The number of carbonyl (C=O) groups is 2. The van der Waals surface area contributed by atoms with Crippen LogP contribution in [0.2, 0.25) is 0 Å². The Bertz CT molecular complexity index is 437. The van der Waals surface area contributed by atoms with Crippen molar-refractivity contribution in [2.24, 2.45) is 5.92 Å². The molecule has 0 aliphatic heterocycles. The molecule has 0 fully saturated rings. The number of Topliss-reactive ketones (excluding diaryl/α,β-unsaturated/α-hetero) is 1. The van der Waals surface area contributed by atoms with E-state index >= 15 is 0 Å². The molecule has 0 bridgehead atoms. The molecule has 4 heteroatoms. The number of benzene rings is 1. The molecule has 92 valence electrons. The van der Waals surface area contributed by atoms with E-state index in [9.17, 15) is 9.59 Å². The minimum Gasteiger partial charge on any atom is -0.496 e. The minimum absolute atomic E-state index is 0.248. The van der Waals surface area contributed by atoms with Gasteiger partial charge in [0.25, 0.3) is 0 Å². The number of hydrogen-bond donors (Lipinski definition) is 0. The van der Waals surface area contributed by atoms with Crippen molar-refractivity contribution in [2.45, 2.75) is 13.8 Å². The zero-order valence-electron chi connectivity index (χ0n) is 10.4. The molecule has 1 atom stereocenters. The number of methoxy groups -OCH3 is 2. The van der Waals surface area contributed by atoms with Gasteiger partial charge in [0.05, 0.1) is 14.2 Å². The highest BCUT2D eigenvalue weighted by Gasteiger charge is 2.23. The Morgan fingerprint density at radius 1 is 1.24 bits per heavy atom. The molecule has 0 radical (unpaired) electrons. The van der Waals surface area contributed by atoms with Crippen molar-refractivity contribution in [1.29, 1.82) is 0 Å². The molecule has 1 aromatic carbocycles. The van der Waals surface area contributed by atoms with Crippen molar-refractivity contribution >= 4 is 11.8 Å². The Morgan fingerprint density at radius 2 is 1.88 bits per heavy atom. The van der Waals surface area contributed by atoms with E-state index < -0.39 is 11.9 Å². The molecule has 1 unspecified atom stereocenters. The molecule has 0 saturated carbocycles. The van der Waals surface area contributed by atoms with E-state index in [1.165, 1.54) is 14.0 Å². The van der Waals surface area contributed by atoms with Gasteiger partial charge in [0.15, 0.2) is 5.78 Å². The standard InChI is InChI=1S/C13H16O4/c1-8-7-10(5-6-11(8)16-3)12(14)9(2)13(15)17-4/h5-7,9H,1-4H3. The van der Waals surface area contributed by atoms with Crippen LogP contribution < -0.4 is 4.74 Å². The molecule has 4 nitrogen and oxygen atoms in total. The van der Waals surface area contributed by atoms with E-state index in [1.807, 2.05) is 6.92 Å². The number of aryl methyl sites for hydroxylation is 1. The van der Waals surface area contributed by atoms with Crippen LogP contribution in [0, 0.1) is 12.8 Å². The van der Waals surface area contributed by atoms with Crippen LogP contribution in [0.15, 0.2) is 18.2 Å². The lowest BCUT2D eigenvalue weighted by atomic mass is 9.98. The summed E-state index contributed by atoms with van der Waals surface area (Å²) in [7, 11) is 2.84. The fourth-order valence-corrected chi connectivity index (χ4v) is 1.57. The van der Waals surface area contributed by atoms with Gasteiger partial charge in [0.2, 0.25) is 0 Å². The first-order valence-electron chi connectivity index (χ1n) is 5.28. The number of esters is 1. The van der Waals surface area contributed by atoms with Crippen LogP contribution in [0.1, 0.15) is 22.8 Å². The van der Waals surface area contributed by atoms with Crippen LogP contribution in [-0.2, 0) is 9.53 Å². The second kappa shape index (κ2) is 5.48. The fourth-order valence-electron chi connectivity index (χ4n) is 1.57. The molecule has 0 saturated heterocycles. The SMILES string of the molecule is COC(=O)C(C)C(=O)c1ccc(OC)c(C)c1. The van der Waals surface area contributed by atoms with Gasteiger partial charge in [-0.1, -0.05) is 0 Å². The molecule has 0 aliphatic carbocycles. The molecule has 0 amide bonds. The van der Waals surface area contributed by atoms with Gasteiger partial charge in [-0.05, 0) is 37.6 Å². The summed E-state index contributed by atoms with van der Waals surface area (Å²) in [5.41, 5.74) is 1.34. The minimum atomic E-state index is -0.784. The molecule has 0 N–H and O–H groups in total. The normalized spacial score (nSPS) is 11.8. The van der Waals surface area contributed by atoms with Gasteiger partial charge >= 0.3 is 5.97 Å². The Kier molecular flexibility index (Phi) is 4.26. The maximum Gasteiger partial charge on any atom is 0.316 e. The first kappa shape index (κ1) is 13.2. The number of hydrogen-bond acceptors (Lipinski definition) is 4. The van der Waals surface area contributed by atoms with Gasteiger partial charge in [0, 0.05) is 5.56 Å². The van der Waals surface area contributed by atoms with Crippen LogP contribution in [0.5, 0.6) is 5.75 Å². The third kappa shape index (κ3) is 2.84. The van der Waals surface area contributed by atoms with Crippen molar-refractivity contribution < 1.29 is 19.1 Å². The summed E-state index contributed by atoms with van der Waals surface area (Å²) in [6.45, 7) is 3.38. The Balaban J connectivity index is 2.97.